The minimum atomic E-state index is 0.784. The Kier molecular flexibility index (Phi) is 7.24. The first-order valence-corrected chi connectivity index (χ1v) is 17.8. The average molecular weight is 671 g/mol. The molecule has 52 heavy (non-hydrogen) atoms. The fraction of sp³-hybridized carbons (Fsp3) is 0.0417. The van der Waals surface area contributed by atoms with E-state index < -0.39 is 0 Å². The molecule has 0 radical (unpaired) electrons. The summed E-state index contributed by atoms with van der Waals surface area (Å²) in [6, 6.07) is 60.0. The van der Waals surface area contributed by atoms with Gasteiger partial charge in [-0.2, -0.15) is 0 Å². The summed E-state index contributed by atoms with van der Waals surface area (Å²) in [6.07, 6.45) is 6.23. The van der Waals surface area contributed by atoms with E-state index in [1.807, 2.05) is 12.1 Å². The summed E-state index contributed by atoms with van der Waals surface area (Å²) in [4.78, 5) is 4.63. The Morgan fingerprint density at radius 2 is 1.02 bits per heavy atom. The first kappa shape index (κ1) is 30.1. The molecule has 1 aliphatic carbocycles. The molecular formula is C48H34N2O2. The van der Waals surface area contributed by atoms with Gasteiger partial charge in [0, 0.05) is 23.5 Å². The molecule has 4 heteroatoms. The minimum absolute atomic E-state index is 0.784. The van der Waals surface area contributed by atoms with E-state index in [1.165, 1.54) is 22.3 Å². The van der Waals surface area contributed by atoms with E-state index in [0.717, 1.165) is 81.1 Å². The van der Waals surface area contributed by atoms with Gasteiger partial charge in [0.25, 0.3) is 0 Å². The lowest BCUT2D eigenvalue weighted by molar-refractivity contribution is 0.380. The molecule has 0 aromatic heterocycles. The third kappa shape index (κ3) is 5.24. The second-order valence-corrected chi connectivity index (χ2v) is 13.3. The lowest BCUT2D eigenvalue weighted by Crippen LogP contribution is -2.27. The van der Waals surface area contributed by atoms with Crippen molar-refractivity contribution in [2.45, 2.75) is 12.8 Å². The van der Waals surface area contributed by atoms with Crippen LogP contribution in [0.5, 0.6) is 17.2 Å². The van der Waals surface area contributed by atoms with Crippen molar-refractivity contribution in [3.8, 4) is 50.6 Å². The van der Waals surface area contributed by atoms with Crippen molar-refractivity contribution in [3.63, 3.8) is 0 Å². The largest absolute Gasteiger partial charge is 0.457 e. The number of ether oxygens (including phenoxy) is 2. The van der Waals surface area contributed by atoms with E-state index in [-0.39, 0.29) is 0 Å². The van der Waals surface area contributed by atoms with Crippen LogP contribution in [0.25, 0.3) is 33.4 Å². The van der Waals surface area contributed by atoms with Crippen molar-refractivity contribution < 1.29 is 9.47 Å². The normalized spacial score (nSPS) is 13.7. The topological polar surface area (TPSA) is 24.9 Å². The smallest absolute Gasteiger partial charge is 0.156 e. The van der Waals surface area contributed by atoms with Crippen LogP contribution in [0.4, 0.5) is 28.4 Å². The molecular weight excluding hydrogens is 637 g/mol. The molecule has 2 heterocycles. The van der Waals surface area contributed by atoms with E-state index in [4.69, 9.17) is 9.47 Å². The highest BCUT2D eigenvalue weighted by molar-refractivity contribution is 5.91. The van der Waals surface area contributed by atoms with Gasteiger partial charge in [-0.05, 0) is 107 Å². The third-order valence-electron chi connectivity index (χ3n) is 10.1. The molecule has 0 unspecified atom stereocenters. The number of allylic oxidation sites excluding steroid dienone is 3. The van der Waals surface area contributed by atoms with Crippen molar-refractivity contribution in [1.82, 2.24) is 0 Å². The fourth-order valence-electron chi connectivity index (χ4n) is 7.55. The lowest BCUT2D eigenvalue weighted by Gasteiger charge is -2.39. The Bertz CT molecular complexity index is 2420. The lowest BCUT2D eigenvalue weighted by atomic mass is 9.98. The number of anilines is 5. The summed E-state index contributed by atoms with van der Waals surface area (Å²) in [5.41, 5.74) is 13.1. The zero-order valence-electron chi connectivity index (χ0n) is 28.4. The fourth-order valence-corrected chi connectivity index (χ4v) is 7.55. The van der Waals surface area contributed by atoms with Crippen LogP contribution in [-0.4, -0.2) is 0 Å². The summed E-state index contributed by atoms with van der Waals surface area (Å²) < 4.78 is 13.3. The predicted molar refractivity (Wildman–Crippen MR) is 212 cm³/mol. The molecule has 0 bridgehead atoms. The second kappa shape index (κ2) is 12.5. The van der Waals surface area contributed by atoms with Crippen LogP contribution in [0.15, 0.2) is 193 Å². The van der Waals surface area contributed by atoms with Crippen LogP contribution in [0, 0.1) is 0 Å². The van der Waals surface area contributed by atoms with Crippen LogP contribution in [0.3, 0.4) is 0 Å². The average Bonchev–Trinajstić information content (AvgIpc) is 3.22. The molecule has 0 saturated heterocycles. The zero-order valence-corrected chi connectivity index (χ0v) is 28.4. The highest BCUT2D eigenvalue weighted by Crippen LogP contribution is 2.57. The maximum absolute atomic E-state index is 6.67. The quantitative estimate of drug-likeness (QED) is 0.176. The summed E-state index contributed by atoms with van der Waals surface area (Å²) in [5, 5.41) is 0. The third-order valence-corrected chi connectivity index (χ3v) is 10.1. The summed E-state index contributed by atoms with van der Waals surface area (Å²) >= 11 is 0. The molecule has 7 aromatic carbocycles. The predicted octanol–water partition coefficient (Wildman–Crippen LogP) is 13.4. The number of rotatable bonds is 6. The Hall–Kier alpha value is -6.78. The van der Waals surface area contributed by atoms with Crippen molar-refractivity contribution in [3.05, 3.63) is 193 Å². The number of hydrogen-bond acceptors (Lipinski definition) is 4. The number of nitrogens with zero attached hydrogens (tertiary/aromatic N) is 2. The van der Waals surface area contributed by atoms with Crippen LogP contribution >= 0.6 is 0 Å². The first-order valence-electron chi connectivity index (χ1n) is 17.8. The Morgan fingerprint density at radius 3 is 1.69 bits per heavy atom. The summed E-state index contributed by atoms with van der Waals surface area (Å²) in [5.74, 6) is 3.43. The van der Waals surface area contributed by atoms with Crippen molar-refractivity contribution in [2.24, 2.45) is 0 Å². The standard InChI is InChI=1S/C48H34N2O2/c1-3-12-33(13-4-1)35-22-26-39(27-23-35)49(40-28-24-36(25-29-40)34-14-5-2-6-15-34)41-17-11-16-37(30-41)38-31-46-48-47(32-38)52-45-21-10-8-19-43(45)50(48)42-18-7-9-20-44(42)51-46/h1-9,11-20,22-32H,10,21H2. The first-order chi connectivity index (χ1) is 25.8. The van der Waals surface area contributed by atoms with Crippen LogP contribution < -0.4 is 19.3 Å². The van der Waals surface area contributed by atoms with Crippen molar-refractivity contribution >= 4 is 28.4 Å². The van der Waals surface area contributed by atoms with Crippen molar-refractivity contribution in [2.75, 3.05) is 9.80 Å². The van der Waals surface area contributed by atoms with E-state index in [1.54, 1.807) is 0 Å². The molecule has 0 N–H and O–H groups in total. The molecule has 0 amide bonds. The summed E-state index contributed by atoms with van der Waals surface area (Å²) in [6.45, 7) is 0. The maximum Gasteiger partial charge on any atom is 0.156 e. The molecule has 3 aliphatic rings. The Labute approximate surface area is 303 Å². The van der Waals surface area contributed by atoms with E-state index >= 15 is 0 Å². The highest BCUT2D eigenvalue weighted by atomic mass is 16.5. The molecule has 0 atom stereocenters. The summed E-state index contributed by atoms with van der Waals surface area (Å²) in [7, 11) is 0. The SMILES string of the molecule is C1=CC2=C(CC1)Oc1cc(-c3cccc(N(c4ccc(-c5ccccc5)cc4)c4ccc(-c5ccccc5)cc4)c3)cc3c1N2c1ccccc1O3. The molecule has 7 aromatic rings. The Morgan fingerprint density at radius 1 is 0.442 bits per heavy atom. The van der Waals surface area contributed by atoms with Crippen molar-refractivity contribution in [1.29, 1.82) is 0 Å². The van der Waals surface area contributed by atoms with Crippen LogP contribution in [0.1, 0.15) is 12.8 Å². The van der Waals surface area contributed by atoms with Gasteiger partial charge in [0.15, 0.2) is 17.2 Å². The zero-order chi connectivity index (χ0) is 34.4. The van der Waals surface area contributed by atoms with Gasteiger partial charge in [-0.1, -0.05) is 115 Å². The molecule has 248 valence electrons. The van der Waals surface area contributed by atoms with Gasteiger partial charge in [-0.15, -0.1) is 0 Å². The molecule has 4 nitrogen and oxygen atoms in total. The maximum atomic E-state index is 6.67. The molecule has 0 fully saturated rings. The van der Waals surface area contributed by atoms with E-state index in [2.05, 4.69) is 180 Å². The van der Waals surface area contributed by atoms with Gasteiger partial charge < -0.3 is 14.4 Å². The Balaban J connectivity index is 1.07. The van der Waals surface area contributed by atoms with Crippen LogP contribution in [-0.2, 0) is 0 Å². The number of fused-ring (bicyclic) bond motifs is 3. The van der Waals surface area contributed by atoms with Gasteiger partial charge in [-0.25, -0.2) is 0 Å². The van der Waals surface area contributed by atoms with Gasteiger partial charge in [0.1, 0.15) is 11.4 Å². The van der Waals surface area contributed by atoms with Crippen LogP contribution in [0.2, 0.25) is 0 Å². The van der Waals surface area contributed by atoms with Gasteiger partial charge in [0.2, 0.25) is 0 Å². The van der Waals surface area contributed by atoms with E-state index in [9.17, 15) is 0 Å². The molecule has 0 saturated carbocycles. The number of benzene rings is 7. The van der Waals surface area contributed by atoms with Gasteiger partial charge in [0.05, 0.1) is 11.4 Å². The number of para-hydroxylation sites is 2. The molecule has 2 aliphatic heterocycles. The highest BCUT2D eigenvalue weighted by Gasteiger charge is 2.36. The van der Waals surface area contributed by atoms with Gasteiger partial charge >= 0.3 is 0 Å². The van der Waals surface area contributed by atoms with Gasteiger partial charge in [-0.3, -0.25) is 4.90 Å². The van der Waals surface area contributed by atoms with E-state index in [0.29, 0.717) is 0 Å². The minimum Gasteiger partial charge on any atom is -0.457 e. The molecule has 10 rings (SSSR count). The number of hydrogen-bond donors (Lipinski definition) is 0. The monoisotopic (exact) mass is 670 g/mol. The second-order valence-electron chi connectivity index (χ2n) is 13.3. The molecule has 0 spiro atoms.